The Kier molecular flexibility index (Phi) is 4.66. The minimum absolute atomic E-state index is 0.117. The zero-order valence-electron chi connectivity index (χ0n) is 13.8. The van der Waals surface area contributed by atoms with Crippen LogP contribution in [0.3, 0.4) is 0 Å². The second kappa shape index (κ2) is 7.10. The number of aryl methyl sites for hydroxylation is 2. The van der Waals surface area contributed by atoms with Crippen LogP contribution in [0.2, 0.25) is 0 Å². The van der Waals surface area contributed by atoms with Crippen LogP contribution in [0.15, 0.2) is 40.1 Å². The summed E-state index contributed by atoms with van der Waals surface area (Å²) < 4.78 is 1.47. The molecule has 0 unspecified atom stereocenters. The number of aromatic nitrogens is 3. The highest BCUT2D eigenvalue weighted by atomic mass is 32.1. The van der Waals surface area contributed by atoms with Crippen molar-refractivity contribution in [1.82, 2.24) is 14.5 Å². The van der Waals surface area contributed by atoms with Gasteiger partial charge in [0, 0.05) is 23.2 Å². The zero-order valence-corrected chi connectivity index (χ0v) is 16.2. The molecule has 132 valence electrons. The quantitative estimate of drug-likeness (QED) is 0.548. The van der Waals surface area contributed by atoms with Crippen molar-refractivity contribution in [3.05, 3.63) is 50.5 Å². The summed E-state index contributed by atoms with van der Waals surface area (Å²) in [5.41, 5.74) is 0.750. The molecule has 4 heterocycles. The third kappa shape index (κ3) is 3.46. The third-order valence-corrected chi connectivity index (χ3v) is 6.38. The first-order valence-electron chi connectivity index (χ1n) is 7.85. The number of thiazole rings is 1. The summed E-state index contributed by atoms with van der Waals surface area (Å²) >= 11 is 4.49. The number of rotatable bonds is 5. The fourth-order valence-corrected chi connectivity index (χ4v) is 4.83. The number of hydrogen-bond acceptors (Lipinski definition) is 7. The van der Waals surface area contributed by atoms with Gasteiger partial charge in [0.05, 0.1) is 22.3 Å². The maximum Gasteiger partial charge on any atom is 0.262 e. The van der Waals surface area contributed by atoms with Crippen molar-refractivity contribution in [3.8, 4) is 10.6 Å². The standard InChI is InChI=1S/C17H14N4O2S3/c1-10-2-3-13(26-10)12-8-25-17(19-12)20-14(22)4-6-21-9-18-15-11(16(21)23)5-7-24-15/h2-3,5,7-9H,4,6H2,1H3,(H,19,20,22). The first-order valence-corrected chi connectivity index (χ1v) is 10.4. The molecule has 4 aromatic rings. The van der Waals surface area contributed by atoms with Crippen LogP contribution < -0.4 is 10.9 Å². The molecule has 0 aliphatic carbocycles. The molecule has 1 N–H and O–H groups in total. The average Bonchev–Trinajstić information content (AvgIpc) is 3.34. The lowest BCUT2D eigenvalue weighted by Gasteiger charge is -2.05. The molecule has 0 aromatic carbocycles. The van der Waals surface area contributed by atoms with Crippen LogP contribution in [0, 0.1) is 6.92 Å². The van der Waals surface area contributed by atoms with Crippen LogP contribution in [0.4, 0.5) is 5.13 Å². The molecule has 9 heteroatoms. The van der Waals surface area contributed by atoms with Crippen LogP contribution in [0.25, 0.3) is 20.8 Å². The number of nitrogens with one attached hydrogen (secondary N) is 1. The Morgan fingerprint density at radius 1 is 1.27 bits per heavy atom. The summed E-state index contributed by atoms with van der Waals surface area (Å²) in [4.78, 5) is 36.2. The fourth-order valence-electron chi connectivity index (χ4n) is 2.47. The van der Waals surface area contributed by atoms with Crippen LogP contribution in [-0.4, -0.2) is 20.4 Å². The van der Waals surface area contributed by atoms with Crippen molar-refractivity contribution in [1.29, 1.82) is 0 Å². The third-order valence-electron chi connectivity index (χ3n) is 3.77. The molecule has 0 saturated heterocycles. The van der Waals surface area contributed by atoms with Crippen LogP contribution in [0.5, 0.6) is 0 Å². The molecule has 0 fully saturated rings. The summed E-state index contributed by atoms with van der Waals surface area (Å²) in [6, 6.07) is 5.84. The highest BCUT2D eigenvalue weighted by Crippen LogP contribution is 2.30. The molecule has 0 atom stereocenters. The number of nitrogens with zero attached hydrogens (tertiary/aromatic N) is 3. The van der Waals surface area contributed by atoms with E-state index in [1.165, 1.54) is 38.4 Å². The lowest BCUT2D eigenvalue weighted by Crippen LogP contribution is -2.23. The summed E-state index contributed by atoms with van der Waals surface area (Å²) in [6.45, 7) is 2.33. The Morgan fingerprint density at radius 2 is 2.15 bits per heavy atom. The molecular weight excluding hydrogens is 388 g/mol. The number of carbonyl (C=O) groups excluding carboxylic acids is 1. The van der Waals surface area contributed by atoms with Gasteiger partial charge in [-0.25, -0.2) is 9.97 Å². The minimum atomic E-state index is -0.175. The molecule has 0 aliphatic rings. The van der Waals surface area contributed by atoms with Gasteiger partial charge in [0.25, 0.3) is 5.56 Å². The summed E-state index contributed by atoms with van der Waals surface area (Å²) in [5.74, 6) is -0.175. The first-order chi connectivity index (χ1) is 12.6. The Balaban J connectivity index is 1.40. The SMILES string of the molecule is Cc1ccc(-c2csc(NC(=O)CCn3cnc4sccc4c3=O)n2)s1. The molecule has 6 nitrogen and oxygen atoms in total. The second-order valence-electron chi connectivity index (χ2n) is 5.63. The Hall–Kier alpha value is -2.36. The first kappa shape index (κ1) is 17.1. The van der Waals surface area contributed by atoms with E-state index in [0.717, 1.165) is 15.4 Å². The van der Waals surface area contributed by atoms with Crippen molar-refractivity contribution in [3.63, 3.8) is 0 Å². The molecule has 0 saturated carbocycles. The summed E-state index contributed by atoms with van der Waals surface area (Å²) in [7, 11) is 0. The predicted octanol–water partition coefficient (Wildman–Crippen LogP) is 3.98. The zero-order chi connectivity index (χ0) is 18.1. The van der Waals surface area contributed by atoms with E-state index < -0.39 is 0 Å². The maximum absolute atomic E-state index is 12.3. The molecule has 1 amide bonds. The van der Waals surface area contributed by atoms with Crippen LogP contribution in [-0.2, 0) is 11.3 Å². The second-order valence-corrected chi connectivity index (χ2v) is 8.67. The molecule has 0 spiro atoms. The van der Waals surface area contributed by atoms with Gasteiger partial charge in [-0.15, -0.1) is 34.0 Å². The minimum Gasteiger partial charge on any atom is -0.302 e. The molecule has 0 aliphatic heterocycles. The Morgan fingerprint density at radius 3 is 2.96 bits per heavy atom. The predicted molar refractivity (Wildman–Crippen MR) is 107 cm³/mol. The van der Waals surface area contributed by atoms with Gasteiger partial charge in [-0.2, -0.15) is 0 Å². The highest BCUT2D eigenvalue weighted by Gasteiger charge is 2.11. The van der Waals surface area contributed by atoms with Crippen molar-refractivity contribution >= 4 is 55.3 Å². The van der Waals surface area contributed by atoms with Gasteiger partial charge in [-0.1, -0.05) is 0 Å². The lowest BCUT2D eigenvalue weighted by molar-refractivity contribution is -0.116. The van der Waals surface area contributed by atoms with E-state index in [-0.39, 0.29) is 24.4 Å². The summed E-state index contributed by atoms with van der Waals surface area (Å²) in [6.07, 6.45) is 1.68. The molecule has 4 rings (SSSR count). The monoisotopic (exact) mass is 402 g/mol. The van der Waals surface area contributed by atoms with E-state index >= 15 is 0 Å². The van der Waals surface area contributed by atoms with Crippen LogP contribution in [0.1, 0.15) is 11.3 Å². The molecule has 0 radical (unpaired) electrons. The molecular formula is C17H14N4O2S3. The van der Waals surface area contributed by atoms with E-state index in [1.54, 1.807) is 17.4 Å². The summed E-state index contributed by atoms with van der Waals surface area (Å²) in [5, 5.41) is 7.73. The highest BCUT2D eigenvalue weighted by molar-refractivity contribution is 7.17. The van der Waals surface area contributed by atoms with Gasteiger partial charge in [0.2, 0.25) is 5.91 Å². The van der Waals surface area contributed by atoms with Gasteiger partial charge in [0.15, 0.2) is 5.13 Å². The van der Waals surface area contributed by atoms with Gasteiger partial charge in [0.1, 0.15) is 4.83 Å². The van der Waals surface area contributed by atoms with Gasteiger partial charge in [-0.3, -0.25) is 14.2 Å². The lowest BCUT2D eigenvalue weighted by atomic mass is 10.3. The number of carbonyl (C=O) groups is 1. The van der Waals surface area contributed by atoms with Crippen molar-refractivity contribution in [2.75, 3.05) is 5.32 Å². The van der Waals surface area contributed by atoms with Gasteiger partial charge in [-0.05, 0) is 30.5 Å². The number of amides is 1. The average molecular weight is 403 g/mol. The topological polar surface area (TPSA) is 76.9 Å². The van der Waals surface area contributed by atoms with Crippen molar-refractivity contribution in [2.24, 2.45) is 0 Å². The molecule has 4 aromatic heterocycles. The molecule has 26 heavy (non-hydrogen) atoms. The molecule has 0 bridgehead atoms. The van der Waals surface area contributed by atoms with Gasteiger partial charge < -0.3 is 5.32 Å². The Bertz CT molecular complexity index is 1140. The number of thiophene rings is 2. The van der Waals surface area contributed by atoms with E-state index in [9.17, 15) is 9.59 Å². The fraction of sp³-hybridized carbons (Fsp3) is 0.176. The van der Waals surface area contributed by atoms with E-state index in [2.05, 4.69) is 15.3 Å². The van der Waals surface area contributed by atoms with E-state index in [0.29, 0.717) is 10.5 Å². The number of fused-ring (bicyclic) bond motifs is 1. The largest absolute Gasteiger partial charge is 0.302 e. The number of anilines is 1. The van der Waals surface area contributed by atoms with E-state index in [4.69, 9.17) is 0 Å². The maximum atomic E-state index is 12.3. The normalized spacial score (nSPS) is 11.1. The van der Waals surface area contributed by atoms with Crippen molar-refractivity contribution < 1.29 is 4.79 Å². The van der Waals surface area contributed by atoms with Gasteiger partial charge >= 0.3 is 0 Å². The smallest absolute Gasteiger partial charge is 0.262 e. The number of hydrogen-bond donors (Lipinski definition) is 1. The van der Waals surface area contributed by atoms with E-state index in [1.807, 2.05) is 29.8 Å². The van der Waals surface area contributed by atoms with Crippen molar-refractivity contribution in [2.45, 2.75) is 19.9 Å². The Labute approximate surface area is 160 Å². The van der Waals surface area contributed by atoms with Crippen LogP contribution >= 0.6 is 34.0 Å².